The van der Waals surface area contributed by atoms with Gasteiger partial charge in [-0.1, -0.05) is 0 Å². The standard InChI is InChI=1S/C17H24F2N2O2S/c1-12-9-21(10-13(2)23-12)7-3-6-20-17(22)11-24-14-4-5-15(18)16(19)8-14/h4-5,8,12-13H,3,6-7,9-11H2,1-2H3,(H,20,22). The molecule has 1 aromatic rings. The summed E-state index contributed by atoms with van der Waals surface area (Å²) in [6.45, 7) is 7.51. The highest BCUT2D eigenvalue weighted by molar-refractivity contribution is 8.00. The molecule has 7 heteroatoms. The molecule has 1 fully saturated rings. The van der Waals surface area contributed by atoms with Crippen molar-refractivity contribution in [1.82, 2.24) is 10.2 Å². The van der Waals surface area contributed by atoms with Crippen LogP contribution in [0.25, 0.3) is 0 Å². The summed E-state index contributed by atoms with van der Waals surface area (Å²) in [5, 5.41) is 2.86. The first-order valence-corrected chi connectivity index (χ1v) is 9.15. The summed E-state index contributed by atoms with van der Waals surface area (Å²) in [6.07, 6.45) is 1.37. The van der Waals surface area contributed by atoms with Crippen LogP contribution in [0.5, 0.6) is 0 Å². The number of hydrogen-bond acceptors (Lipinski definition) is 4. The van der Waals surface area contributed by atoms with E-state index < -0.39 is 11.6 Å². The molecule has 24 heavy (non-hydrogen) atoms. The Kier molecular flexibility index (Phi) is 7.45. The number of carbonyl (C=O) groups is 1. The van der Waals surface area contributed by atoms with E-state index in [4.69, 9.17) is 4.74 Å². The zero-order valence-corrected chi connectivity index (χ0v) is 14.9. The van der Waals surface area contributed by atoms with Crippen molar-refractivity contribution < 1.29 is 18.3 Å². The molecule has 1 amide bonds. The lowest BCUT2D eigenvalue weighted by Gasteiger charge is -2.35. The van der Waals surface area contributed by atoms with Gasteiger partial charge in [0.2, 0.25) is 5.91 Å². The first-order chi connectivity index (χ1) is 11.4. The van der Waals surface area contributed by atoms with Gasteiger partial charge in [0.05, 0.1) is 18.0 Å². The van der Waals surface area contributed by atoms with Gasteiger partial charge in [0.15, 0.2) is 11.6 Å². The predicted molar refractivity (Wildman–Crippen MR) is 91.2 cm³/mol. The normalized spacial score (nSPS) is 21.7. The third-order valence-electron chi connectivity index (χ3n) is 3.73. The molecule has 2 unspecified atom stereocenters. The summed E-state index contributed by atoms with van der Waals surface area (Å²) in [6, 6.07) is 3.64. The van der Waals surface area contributed by atoms with Crippen molar-refractivity contribution in [3.05, 3.63) is 29.8 Å². The lowest BCUT2D eigenvalue weighted by Crippen LogP contribution is -2.46. The molecule has 2 atom stereocenters. The molecular weight excluding hydrogens is 334 g/mol. The minimum absolute atomic E-state index is 0.103. The number of morpholine rings is 1. The molecule has 0 bridgehead atoms. The number of nitrogens with zero attached hydrogens (tertiary/aromatic N) is 1. The van der Waals surface area contributed by atoms with E-state index in [9.17, 15) is 13.6 Å². The Hall–Kier alpha value is -1.18. The molecule has 2 rings (SSSR count). The van der Waals surface area contributed by atoms with E-state index in [2.05, 4.69) is 24.1 Å². The molecule has 0 aliphatic carbocycles. The van der Waals surface area contributed by atoms with E-state index in [1.807, 2.05) is 0 Å². The smallest absolute Gasteiger partial charge is 0.230 e. The fraction of sp³-hybridized carbons (Fsp3) is 0.588. The van der Waals surface area contributed by atoms with Crippen molar-refractivity contribution in [2.45, 2.75) is 37.4 Å². The van der Waals surface area contributed by atoms with Crippen LogP contribution in [0.15, 0.2) is 23.1 Å². The third-order valence-corrected chi connectivity index (χ3v) is 4.72. The van der Waals surface area contributed by atoms with Crippen LogP contribution in [0.1, 0.15) is 20.3 Å². The highest BCUT2D eigenvalue weighted by Gasteiger charge is 2.21. The van der Waals surface area contributed by atoms with Gasteiger partial charge in [-0.25, -0.2) is 8.78 Å². The fourth-order valence-electron chi connectivity index (χ4n) is 2.76. The Bertz CT molecular complexity index is 549. The van der Waals surface area contributed by atoms with E-state index in [-0.39, 0.29) is 23.9 Å². The molecule has 1 aliphatic heterocycles. The Morgan fingerprint density at radius 1 is 1.29 bits per heavy atom. The first kappa shape index (κ1) is 19.1. The van der Waals surface area contributed by atoms with Gasteiger partial charge in [-0.05, 0) is 38.5 Å². The maximum absolute atomic E-state index is 13.1. The van der Waals surface area contributed by atoms with Crippen molar-refractivity contribution in [3.63, 3.8) is 0 Å². The lowest BCUT2D eigenvalue weighted by molar-refractivity contribution is -0.118. The van der Waals surface area contributed by atoms with Crippen molar-refractivity contribution >= 4 is 17.7 Å². The van der Waals surface area contributed by atoms with E-state index in [0.717, 1.165) is 38.2 Å². The molecule has 134 valence electrons. The van der Waals surface area contributed by atoms with Gasteiger partial charge in [0, 0.05) is 31.1 Å². The van der Waals surface area contributed by atoms with Gasteiger partial charge in [-0.15, -0.1) is 11.8 Å². The second-order valence-electron chi connectivity index (χ2n) is 6.08. The maximum Gasteiger partial charge on any atom is 0.230 e. The van der Waals surface area contributed by atoms with Gasteiger partial charge in [0.25, 0.3) is 0 Å². The lowest BCUT2D eigenvalue weighted by atomic mass is 10.2. The molecule has 1 aromatic carbocycles. The summed E-state index contributed by atoms with van der Waals surface area (Å²) in [5.41, 5.74) is 0. The Morgan fingerprint density at radius 3 is 2.67 bits per heavy atom. The summed E-state index contributed by atoms with van der Waals surface area (Å²) >= 11 is 1.19. The highest BCUT2D eigenvalue weighted by Crippen LogP contribution is 2.20. The number of hydrogen-bond donors (Lipinski definition) is 1. The Morgan fingerprint density at radius 2 is 2.00 bits per heavy atom. The van der Waals surface area contributed by atoms with Crippen LogP contribution in [0.4, 0.5) is 8.78 Å². The van der Waals surface area contributed by atoms with Crippen LogP contribution in [0.3, 0.4) is 0 Å². The number of thioether (sulfide) groups is 1. The number of halogens is 2. The minimum atomic E-state index is -0.894. The molecule has 4 nitrogen and oxygen atoms in total. The zero-order valence-electron chi connectivity index (χ0n) is 14.1. The van der Waals surface area contributed by atoms with Gasteiger partial charge in [-0.2, -0.15) is 0 Å². The molecule has 1 saturated heterocycles. The number of rotatable bonds is 7. The average molecular weight is 358 g/mol. The van der Waals surface area contributed by atoms with Crippen LogP contribution in [-0.4, -0.2) is 54.9 Å². The maximum atomic E-state index is 13.1. The van der Waals surface area contributed by atoms with E-state index in [1.165, 1.54) is 17.8 Å². The summed E-state index contributed by atoms with van der Waals surface area (Å²) in [5.74, 6) is -1.69. The highest BCUT2D eigenvalue weighted by atomic mass is 32.2. The second-order valence-corrected chi connectivity index (χ2v) is 7.13. The van der Waals surface area contributed by atoms with E-state index in [1.54, 1.807) is 0 Å². The molecule has 1 N–H and O–H groups in total. The molecule has 0 aromatic heterocycles. The monoisotopic (exact) mass is 358 g/mol. The number of nitrogens with one attached hydrogen (secondary N) is 1. The zero-order chi connectivity index (χ0) is 17.5. The van der Waals surface area contributed by atoms with Gasteiger partial charge in [-0.3, -0.25) is 9.69 Å². The van der Waals surface area contributed by atoms with Crippen molar-refractivity contribution in [1.29, 1.82) is 0 Å². The summed E-state index contributed by atoms with van der Waals surface area (Å²) in [4.78, 5) is 14.7. The van der Waals surface area contributed by atoms with Crippen molar-refractivity contribution in [2.24, 2.45) is 0 Å². The number of benzene rings is 1. The SMILES string of the molecule is CC1CN(CCCNC(=O)CSc2ccc(F)c(F)c2)CC(C)O1. The van der Waals surface area contributed by atoms with E-state index >= 15 is 0 Å². The summed E-state index contributed by atoms with van der Waals surface area (Å²) < 4.78 is 31.6. The van der Waals surface area contributed by atoms with Crippen molar-refractivity contribution in [3.8, 4) is 0 Å². The number of amides is 1. The van der Waals surface area contributed by atoms with Crippen LogP contribution in [0, 0.1) is 11.6 Å². The quantitative estimate of drug-likeness (QED) is 0.601. The van der Waals surface area contributed by atoms with Crippen LogP contribution >= 0.6 is 11.8 Å². The van der Waals surface area contributed by atoms with E-state index in [0.29, 0.717) is 11.4 Å². The second kappa shape index (κ2) is 9.34. The number of ether oxygens (including phenoxy) is 1. The largest absolute Gasteiger partial charge is 0.373 e. The molecule has 1 heterocycles. The molecule has 1 aliphatic rings. The van der Waals surface area contributed by atoms with Crippen molar-refractivity contribution in [2.75, 3.05) is 31.9 Å². The van der Waals surface area contributed by atoms with Gasteiger partial charge in [0.1, 0.15) is 0 Å². The molecule has 0 spiro atoms. The number of carbonyl (C=O) groups excluding carboxylic acids is 1. The van der Waals surface area contributed by atoms with Gasteiger partial charge < -0.3 is 10.1 Å². The summed E-state index contributed by atoms with van der Waals surface area (Å²) in [7, 11) is 0. The van der Waals surface area contributed by atoms with Crippen LogP contribution in [0.2, 0.25) is 0 Å². The molecule has 0 radical (unpaired) electrons. The molecule has 0 saturated carbocycles. The third kappa shape index (κ3) is 6.37. The average Bonchev–Trinajstić information content (AvgIpc) is 2.52. The topological polar surface area (TPSA) is 41.6 Å². The first-order valence-electron chi connectivity index (χ1n) is 8.16. The minimum Gasteiger partial charge on any atom is -0.373 e. The molecular formula is C17H24F2N2O2S. The predicted octanol–water partition coefficient (Wildman–Crippen LogP) is 2.67. The van der Waals surface area contributed by atoms with Crippen LogP contribution < -0.4 is 5.32 Å². The Balaban J connectivity index is 1.60. The Labute approximate surface area is 145 Å². The van der Waals surface area contributed by atoms with Gasteiger partial charge >= 0.3 is 0 Å². The van der Waals surface area contributed by atoms with Crippen LogP contribution in [-0.2, 0) is 9.53 Å². The fourth-order valence-corrected chi connectivity index (χ4v) is 3.51.